The summed E-state index contributed by atoms with van der Waals surface area (Å²) >= 11 is 3.37. The third-order valence-electron chi connectivity index (χ3n) is 1.87. The third kappa shape index (κ3) is 2.55. The highest BCUT2D eigenvalue weighted by atomic mass is 79.9. The molecule has 0 saturated carbocycles. The maximum atomic E-state index is 8.23. The summed E-state index contributed by atoms with van der Waals surface area (Å²) < 4.78 is 11.0. The molecule has 0 unspecified atom stereocenters. The number of ether oxygens (including phenoxy) is 2. The van der Waals surface area contributed by atoms with Crippen LogP contribution in [0.5, 0.6) is 11.5 Å². The summed E-state index contributed by atoms with van der Waals surface area (Å²) in [6.45, 7) is 0.275. The molecule has 0 radical (unpaired) electrons. The summed E-state index contributed by atoms with van der Waals surface area (Å²) in [6, 6.07) is 3.59. The van der Waals surface area contributed by atoms with Crippen LogP contribution in [-0.4, -0.2) is 14.2 Å². The molecule has 0 fully saturated rings. The van der Waals surface area contributed by atoms with Crippen LogP contribution in [-0.2, 0) is 6.54 Å². The Balaban J connectivity index is 3.16. The molecule has 15 heavy (non-hydrogen) atoms. The van der Waals surface area contributed by atoms with Crippen LogP contribution in [0.15, 0.2) is 21.7 Å². The molecule has 0 aliphatic heterocycles. The fourth-order valence-corrected chi connectivity index (χ4v) is 1.77. The molecule has 0 heterocycles. The first-order chi connectivity index (χ1) is 7.24. The van der Waals surface area contributed by atoms with Crippen molar-refractivity contribution in [2.75, 3.05) is 14.2 Å². The molecule has 0 bridgehead atoms. The van der Waals surface area contributed by atoms with Crippen LogP contribution in [0, 0.1) is 0 Å². The number of methoxy groups -OCH3 is 2. The predicted molar refractivity (Wildman–Crippen MR) is 60.1 cm³/mol. The van der Waals surface area contributed by atoms with E-state index in [2.05, 4.69) is 26.0 Å². The Morgan fingerprint density at radius 2 is 2.13 bits per heavy atom. The quantitative estimate of drug-likeness (QED) is 0.479. The normalized spacial score (nSPS) is 9.27. The van der Waals surface area contributed by atoms with Crippen molar-refractivity contribution in [3.05, 3.63) is 32.6 Å². The van der Waals surface area contributed by atoms with Crippen molar-refractivity contribution < 1.29 is 9.47 Å². The molecule has 1 rings (SSSR count). The van der Waals surface area contributed by atoms with E-state index in [9.17, 15) is 0 Å². The highest BCUT2D eigenvalue weighted by Gasteiger charge is 2.11. The van der Waals surface area contributed by atoms with Gasteiger partial charge in [-0.25, -0.2) is 0 Å². The van der Waals surface area contributed by atoms with Gasteiger partial charge in [0, 0.05) is 4.91 Å². The Bertz CT molecular complexity index is 403. The minimum atomic E-state index is 0.275. The Hall–Kier alpha value is -1.39. The van der Waals surface area contributed by atoms with E-state index in [4.69, 9.17) is 15.0 Å². The summed E-state index contributed by atoms with van der Waals surface area (Å²) in [5, 5.41) is 3.49. The standard InChI is InChI=1S/C9H10BrN3O2/c1-14-7-4-3-6(5-12-13-11)8(10)9(7)15-2/h3-4H,5H2,1-2H3. The van der Waals surface area contributed by atoms with Gasteiger partial charge >= 0.3 is 0 Å². The average molecular weight is 272 g/mol. The molecule has 0 atom stereocenters. The van der Waals surface area contributed by atoms with Gasteiger partial charge < -0.3 is 9.47 Å². The number of benzene rings is 1. The molecule has 0 N–H and O–H groups in total. The van der Waals surface area contributed by atoms with Gasteiger partial charge in [0.05, 0.1) is 25.2 Å². The molecular weight excluding hydrogens is 262 g/mol. The van der Waals surface area contributed by atoms with E-state index in [0.717, 1.165) is 10.0 Å². The second kappa shape index (κ2) is 5.48. The number of rotatable bonds is 4. The predicted octanol–water partition coefficient (Wildman–Crippen LogP) is 3.28. The zero-order valence-electron chi connectivity index (χ0n) is 8.40. The van der Waals surface area contributed by atoms with Crippen LogP contribution in [0.1, 0.15) is 5.56 Å². The van der Waals surface area contributed by atoms with Crippen molar-refractivity contribution in [1.29, 1.82) is 0 Å². The van der Waals surface area contributed by atoms with Crippen molar-refractivity contribution in [3.8, 4) is 11.5 Å². The number of hydrogen-bond acceptors (Lipinski definition) is 3. The van der Waals surface area contributed by atoms with Gasteiger partial charge in [-0.05, 0) is 33.1 Å². The molecule has 0 spiro atoms. The first-order valence-corrected chi connectivity index (χ1v) is 4.94. The van der Waals surface area contributed by atoms with Crippen molar-refractivity contribution in [2.24, 2.45) is 5.11 Å². The molecule has 0 aliphatic carbocycles. The molecule has 0 amide bonds. The average Bonchev–Trinajstić information content (AvgIpc) is 2.27. The van der Waals surface area contributed by atoms with Crippen LogP contribution in [0.4, 0.5) is 0 Å². The first kappa shape index (κ1) is 11.7. The lowest BCUT2D eigenvalue weighted by Crippen LogP contribution is -1.94. The molecule has 0 saturated heterocycles. The molecule has 1 aromatic carbocycles. The Labute approximate surface area is 95.8 Å². The zero-order chi connectivity index (χ0) is 11.3. The number of halogens is 1. The minimum Gasteiger partial charge on any atom is -0.493 e. The maximum Gasteiger partial charge on any atom is 0.175 e. The first-order valence-electron chi connectivity index (χ1n) is 4.14. The Morgan fingerprint density at radius 3 is 2.67 bits per heavy atom. The van der Waals surface area contributed by atoms with E-state index >= 15 is 0 Å². The number of azide groups is 1. The highest BCUT2D eigenvalue weighted by molar-refractivity contribution is 9.10. The van der Waals surface area contributed by atoms with Gasteiger partial charge in [0.1, 0.15) is 0 Å². The smallest absolute Gasteiger partial charge is 0.175 e. The summed E-state index contributed by atoms with van der Waals surface area (Å²) in [6.07, 6.45) is 0. The SMILES string of the molecule is COc1ccc(CN=[N+]=[N-])c(Br)c1OC. The summed E-state index contributed by atoms with van der Waals surface area (Å²) in [4.78, 5) is 2.70. The highest BCUT2D eigenvalue weighted by Crippen LogP contribution is 2.37. The Morgan fingerprint density at radius 1 is 1.40 bits per heavy atom. The molecule has 1 aromatic rings. The van der Waals surface area contributed by atoms with Gasteiger partial charge in [0.2, 0.25) is 0 Å². The van der Waals surface area contributed by atoms with Crippen molar-refractivity contribution >= 4 is 15.9 Å². The van der Waals surface area contributed by atoms with Gasteiger partial charge in [-0.15, -0.1) is 0 Å². The van der Waals surface area contributed by atoms with Gasteiger partial charge in [-0.2, -0.15) is 0 Å². The Kier molecular flexibility index (Phi) is 4.27. The van der Waals surface area contributed by atoms with Crippen LogP contribution in [0.25, 0.3) is 10.4 Å². The van der Waals surface area contributed by atoms with E-state index in [0.29, 0.717) is 11.5 Å². The van der Waals surface area contributed by atoms with Gasteiger partial charge in [0.15, 0.2) is 11.5 Å². The van der Waals surface area contributed by atoms with Crippen molar-refractivity contribution in [3.63, 3.8) is 0 Å². The van der Waals surface area contributed by atoms with E-state index in [1.165, 1.54) is 0 Å². The number of hydrogen-bond donors (Lipinski definition) is 0. The second-order valence-electron chi connectivity index (χ2n) is 2.66. The minimum absolute atomic E-state index is 0.275. The molecule has 6 heteroatoms. The molecule has 0 aromatic heterocycles. The lowest BCUT2D eigenvalue weighted by Gasteiger charge is -2.11. The second-order valence-corrected chi connectivity index (χ2v) is 3.46. The number of nitrogens with zero attached hydrogens (tertiary/aromatic N) is 3. The zero-order valence-corrected chi connectivity index (χ0v) is 9.98. The van der Waals surface area contributed by atoms with Crippen LogP contribution in [0.2, 0.25) is 0 Å². The largest absolute Gasteiger partial charge is 0.493 e. The van der Waals surface area contributed by atoms with E-state index in [-0.39, 0.29) is 6.54 Å². The monoisotopic (exact) mass is 271 g/mol. The lowest BCUT2D eigenvalue weighted by molar-refractivity contribution is 0.352. The summed E-state index contributed by atoms with van der Waals surface area (Å²) in [5.41, 5.74) is 9.09. The van der Waals surface area contributed by atoms with Crippen LogP contribution in [0.3, 0.4) is 0 Å². The van der Waals surface area contributed by atoms with Gasteiger partial charge in [-0.1, -0.05) is 11.2 Å². The molecule has 80 valence electrons. The molecular formula is C9H10BrN3O2. The summed E-state index contributed by atoms with van der Waals surface area (Å²) in [7, 11) is 3.12. The summed E-state index contributed by atoms with van der Waals surface area (Å²) in [5.74, 6) is 1.23. The maximum absolute atomic E-state index is 8.23. The van der Waals surface area contributed by atoms with E-state index < -0.39 is 0 Å². The van der Waals surface area contributed by atoms with E-state index in [1.54, 1.807) is 20.3 Å². The lowest BCUT2D eigenvalue weighted by atomic mass is 10.2. The van der Waals surface area contributed by atoms with Crippen molar-refractivity contribution in [1.82, 2.24) is 0 Å². The third-order valence-corrected chi connectivity index (χ3v) is 2.74. The molecule has 5 nitrogen and oxygen atoms in total. The fourth-order valence-electron chi connectivity index (χ4n) is 1.16. The van der Waals surface area contributed by atoms with E-state index in [1.807, 2.05) is 6.07 Å². The van der Waals surface area contributed by atoms with Crippen molar-refractivity contribution in [2.45, 2.75) is 6.54 Å². The van der Waals surface area contributed by atoms with Gasteiger partial charge in [-0.3, -0.25) is 0 Å². The van der Waals surface area contributed by atoms with Crippen LogP contribution < -0.4 is 9.47 Å². The molecule has 0 aliphatic rings. The fraction of sp³-hybridized carbons (Fsp3) is 0.333. The van der Waals surface area contributed by atoms with Gasteiger partial charge in [0.25, 0.3) is 0 Å². The van der Waals surface area contributed by atoms with Crippen LogP contribution >= 0.6 is 15.9 Å². The topological polar surface area (TPSA) is 67.2 Å².